The summed E-state index contributed by atoms with van der Waals surface area (Å²) in [4.78, 5) is 37.2. The third-order valence-corrected chi connectivity index (χ3v) is 8.40. The van der Waals surface area contributed by atoms with Gasteiger partial charge in [0.15, 0.2) is 18.2 Å². The second-order valence-electron chi connectivity index (χ2n) is 11.8. The number of ketones is 1. The average Bonchev–Trinajstić information content (AvgIpc) is 3.15. The van der Waals surface area contributed by atoms with E-state index in [4.69, 9.17) is 14.2 Å². The molecule has 0 aliphatic carbocycles. The third-order valence-electron chi connectivity index (χ3n) is 8.40. The first kappa shape index (κ1) is 36.1. The summed E-state index contributed by atoms with van der Waals surface area (Å²) < 4.78 is 16.1. The van der Waals surface area contributed by atoms with Crippen LogP contribution in [0.1, 0.15) is 104 Å². The minimum Gasteiger partial charge on any atom is -0.511 e. The van der Waals surface area contributed by atoms with Crippen LogP contribution in [0.5, 0.6) is 0 Å². The SMILES string of the molecule is CC(=O)O[C@@H]1[C@H](O)[C@H](OCCCCCCCCCCCCCCC(C)C(O)=C2C(=O)C(C)N(C)C2=O)O[C@H](CO)[C@H]1O. The molecule has 2 unspecified atom stereocenters. The van der Waals surface area contributed by atoms with Crippen molar-refractivity contribution in [1.82, 2.24) is 4.90 Å². The first-order valence-electron chi connectivity index (χ1n) is 15.7. The number of esters is 1. The zero-order valence-corrected chi connectivity index (χ0v) is 25.8. The lowest BCUT2D eigenvalue weighted by Crippen LogP contribution is -2.60. The highest BCUT2D eigenvalue weighted by atomic mass is 16.7. The Morgan fingerprint density at radius 2 is 1.45 bits per heavy atom. The van der Waals surface area contributed by atoms with Crippen LogP contribution in [-0.2, 0) is 28.6 Å². The van der Waals surface area contributed by atoms with Crippen LogP contribution in [-0.4, -0.2) is 100.0 Å². The number of likely N-dealkylation sites (N-methyl/N-ethyl adjacent to an activating group) is 1. The molecule has 0 saturated carbocycles. The molecule has 2 fully saturated rings. The van der Waals surface area contributed by atoms with Gasteiger partial charge in [0.2, 0.25) is 0 Å². The fraction of sp³-hybridized carbons (Fsp3) is 0.839. The highest BCUT2D eigenvalue weighted by Crippen LogP contribution is 2.27. The molecule has 2 aliphatic heterocycles. The van der Waals surface area contributed by atoms with Gasteiger partial charge in [-0.05, 0) is 19.8 Å². The topological polar surface area (TPSA) is 163 Å². The standard InChI is InChI=1S/C31H53NO10/c1-20(25(35)24-26(36)21(2)32(4)30(24)39)17-15-13-11-9-7-5-6-8-10-12-14-16-18-40-31-28(38)29(41-22(3)34)27(37)23(19-33)42-31/h20-21,23,27-29,31,33,35,37-38H,5-19H2,1-4H3/t20?,21?,23-,27-,28+,29+,31-/m1/s1. The van der Waals surface area contributed by atoms with Gasteiger partial charge in [0.05, 0.1) is 12.6 Å². The first-order chi connectivity index (χ1) is 20.0. The molecule has 0 spiro atoms. The van der Waals surface area contributed by atoms with E-state index in [2.05, 4.69) is 0 Å². The van der Waals surface area contributed by atoms with E-state index in [0.717, 1.165) is 51.4 Å². The van der Waals surface area contributed by atoms with Crippen molar-refractivity contribution < 1.29 is 49.0 Å². The molecule has 1 amide bonds. The Kier molecular flexibility index (Phi) is 16.0. The molecular weight excluding hydrogens is 546 g/mol. The maximum absolute atomic E-state index is 12.3. The lowest BCUT2D eigenvalue weighted by Gasteiger charge is -2.41. The first-order valence-corrected chi connectivity index (χ1v) is 15.7. The molecule has 0 radical (unpaired) electrons. The van der Waals surface area contributed by atoms with Crippen LogP contribution in [0.15, 0.2) is 11.3 Å². The van der Waals surface area contributed by atoms with Crippen LogP contribution in [0.4, 0.5) is 0 Å². The number of unbranched alkanes of at least 4 members (excludes halogenated alkanes) is 11. The highest BCUT2D eigenvalue weighted by Gasteiger charge is 2.47. The number of rotatable bonds is 19. The van der Waals surface area contributed by atoms with Gasteiger partial charge >= 0.3 is 5.97 Å². The molecule has 0 aromatic rings. The van der Waals surface area contributed by atoms with E-state index in [0.29, 0.717) is 6.61 Å². The maximum atomic E-state index is 12.3. The Morgan fingerprint density at radius 3 is 1.93 bits per heavy atom. The number of hydrogen-bond acceptors (Lipinski definition) is 10. The minimum absolute atomic E-state index is 0.0335. The number of aliphatic hydroxyl groups excluding tert-OH is 4. The zero-order chi connectivity index (χ0) is 31.2. The van der Waals surface area contributed by atoms with Crippen LogP contribution in [0.2, 0.25) is 0 Å². The molecule has 0 aromatic heterocycles. The summed E-state index contributed by atoms with van der Waals surface area (Å²) in [5, 5.41) is 40.4. The number of likely N-dealkylation sites (tertiary alicyclic amines) is 1. The van der Waals surface area contributed by atoms with Gasteiger partial charge in [-0.2, -0.15) is 0 Å². The zero-order valence-electron chi connectivity index (χ0n) is 25.8. The summed E-state index contributed by atoms with van der Waals surface area (Å²) >= 11 is 0. The normalized spacial score (nSPS) is 28.3. The van der Waals surface area contributed by atoms with Crippen molar-refractivity contribution in [2.45, 2.75) is 141 Å². The van der Waals surface area contributed by atoms with E-state index in [-0.39, 0.29) is 28.9 Å². The van der Waals surface area contributed by atoms with Crippen molar-refractivity contribution in [3.05, 3.63) is 11.3 Å². The van der Waals surface area contributed by atoms with Crippen molar-refractivity contribution >= 4 is 17.7 Å². The fourth-order valence-electron chi connectivity index (χ4n) is 5.50. The number of allylic oxidation sites excluding steroid dienone is 1. The van der Waals surface area contributed by atoms with Gasteiger partial charge in [0.1, 0.15) is 29.6 Å². The summed E-state index contributed by atoms with van der Waals surface area (Å²) in [7, 11) is 1.59. The average molecular weight is 600 g/mol. The van der Waals surface area contributed by atoms with Crippen molar-refractivity contribution in [1.29, 1.82) is 0 Å². The predicted octanol–water partition coefficient (Wildman–Crippen LogP) is 3.32. The van der Waals surface area contributed by atoms with Gasteiger partial charge in [-0.15, -0.1) is 0 Å². The molecule has 2 aliphatic rings. The summed E-state index contributed by atoms with van der Waals surface area (Å²) in [6, 6.07) is -0.511. The smallest absolute Gasteiger partial charge is 0.303 e. The summed E-state index contributed by atoms with van der Waals surface area (Å²) in [6.45, 7) is 4.60. The molecule has 2 saturated heterocycles. The van der Waals surface area contributed by atoms with E-state index in [1.165, 1.54) is 43.9 Å². The van der Waals surface area contributed by atoms with Gasteiger partial charge in [-0.1, -0.05) is 77.6 Å². The molecule has 242 valence electrons. The quantitative estimate of drug-likeness (QED) is 0.0569. The third kappa shape index (κ3) is 10.6. The summed E-state index contributed by atoms with van der Waals surface area (Å²) in [5.74, 6) is -1.57. The molecular formula is C31H53NO10. The number of hydrogen-bond donors (Lipinski definition) is 4. The largest absolute Gasteiger partial charge is 0.511 e. The van der Waals surface area contributed by atoms with Gasteiger partial charge in [-0.3, -0.25) is 14.4 Å². The van der Waals surface area contributed by atoms with E-state index in [1.54, 1.807) is 14.0 Å². The molecule has 11 nitrogen and oxygen atoms in total. The number of carbonyl (C=O) groups is 3. The second-order valence-corrected chi connectivity index (χ2v) is 11.8. The van der Waals surface area contributed by atoms with E-state index in [1.807, 2.05) is 6.92 Å². The Morgan fingerprint density at radius 1 is 0.929 bits per heavy atom. The molecule has 2 rings (SSSR count). The van der Waals surface area contributed by atoms with Gasteiger partial charge in [0.25, 0.3) is 5.91 Å². The van der Waals surface area contributed by atoms with Crippen molar-refractivity contribution in [3.63, 3.8) is 0 Å². The molecule has 0 bridgehead atoms. The van der Waals surface area contributed by atoms with Crippen LogP contribution in [0.3, 0.4) is 0 Å². The predicted molar refractivity (Wildman–Crippen MR) is 155 cm³/mol. The Labute approximate surface area is 250 Å². The number of Topliss-reactive ketones (excluding diaryl/α,β-unsaturated/α-hetero) is 1. The van der Waals surface area contributed by atoms with E-state index in [9.17, 15) is 34.8 Å². The van der Waals surface area contributed by atoms with Crippen molar-refractivity contribution in [2.24, 2.45) is 5.92 Å². The number of carbonyl (C=O) groups excluding carboxylic acids is 3. The van der Waals surface area contributed by atoms with Crippen molar-refractivity contribution in [2.75, 3.05) is 20.3 Å². The molecule has 4 N–H and O–H groups in total. The fourth-order valence-corrected chi connectivity index (χ4v) is 5.50. The van der Waals surface area contributed by atoms with Crippen LogP contribution < -0.4 is 0 Å². The van der Waals surface area contributed by atoms with Crippen LogP contribution in [0, 0.1) is 5.92 Å². The lowest BCUT2D eigenvalue weighted by molar-refractivity contribution is -0.303. The minimum atomic E-state index is -1.34. The van der Waals surface area contributed by atoms with E-state index < -0.39 is 49.3 Å². The van der Waals surface area contributed by atoms with Gasteiger partial charge in [-0.25, -0.2) is 0 Å². The Hall–Kier alpha value is -2.05. The summed E-state index contributed by atoms with van der Waals surface area (Å²) in [5.41, 5.74) is -0.0335. The number of ether oxygens (including phenoxy) is 3. The van der Waals surface area contributed by atoms with Gasteiger partial charge in [0, 0.05) is 26.5 Å². The summed E-state index contributed by atoms with van der Waals surface area (Å²) in [6.07, 6.45) is 7.92. The number of aliphatic hydroxyl groups is 4. The molecule has 7 atom stereocenters. The highest BCUT2D eigenvalue weighted by molar-refractivity contribution is 6.26. The molecule has 2 heterocycles. The number of amides is 1. The Balaban J connectivity index is 1.45. The second kappa shape index (κ2) is 18.6. The lowest BCUT2D eigenvalue weighted by atomic mass is 9.95. The van der Waals surface area contributed by atoms with Crippen molar-refractivity contribution in [3.8, 4) is 0 Å². The maximum Gasteiger partial charge on any atom is 0.303 e. The van der Waals surface area contributed by atoms with Crippen LogP contribution in [0.25, 0.3) is 0 Å². The molecule has 11 heteroatoms. The molecule has 42 heavy (non-hydrogen) atoms. The van der Waals surface area contributed by atoms with Gasteiger partial charge < -0.3 is 39.5 Å². The van der Waals surface area contributed by atoms with Crippen LogP contribution >= 0.6 is 0 Å². The number of nitrogens with zero attached hydrogens (tertiary/aromatic N) is 1. The monoisotopic (exact) mass is 599 g/mol. The molecule has 0 aromatic carbocycles. The Bertz CT molecular complexity index is 871. The van der Waals surface area contributed by atoms with E-state index >= 15 is 0 Å².